The molecule has 0 atom stereocenters. The van der Waals surface area contributed by atoms with Gasteiger partial charge in [0.1, 0.15) is 17.1 Å². The summed E-state index contributed by atoms with van der Waals surface area (Å²) < 4.78 is 18.5. The van der Waals surface area contributed by atoms with E-state index in [4.69, 9.17) is 19.3 Å². The SMILES string of the molecule is COc1cc(OC)cc(-c2cc(COC(C)(C)C(C)=O)nn2Cc2ccccn2)c1. The van der Waals surface area contributed by atoms with Gasteiger partial charge in [-0.15, -0.1) is 0 Å². The Bertz CT molecular complexity index is 990. The molecule has 1 aromatic carbocycles. The van der Waals surface area contributed by atoms with E-state index in [2.05, 4.69) is 4.98 Å². The van der Waals surface area contributed by atoms with Crippen molar-refractivity contribution in [3.63, 3.8) is 0 Å². The maximum absolute atomic E-state index is 11.8. The molecule has 0 saturated heterocycles. The van der Waals surface area contributed by atoms with Crippen molar-refractivity contribution in [2.75, 3.05) is 14.2 Å². The number of pyridine rings is 1. The molecule has 0 N–H and O–H groups in total. The first kappa shape index (κ1) is 21.5. The van der Waals surface area contributed by atoms with Gasteiger partial charge in [-0.2, -0.15) is 5.10 Å². The van der Waals surface area contributed by atoms with E-state index >= 15 is 0 Å². The van der Waals surface area contributed by atoms with Gasteiger partial charge in [0.15, 0.2) is 5.78 Å². The van der Waals surface area contributed by atoms with Crippen LogP contribution in [0.15, 0.2) is 48.7 Å². The molecule has 0 saturated carbocycles. The van der Waals surface area contributed by atoms with Crippen molar-refractivity contribution in [3.05, 3.63) is 60.0 Å². The number of ketones is 1. The van der Waals surface area contributed by atoms with Crippen LogP contribution in [-0.4, -0.2) is 40.4 Å². The average molecular weight is 409 g/mol. The average Bonchev–Trinajstić information content (AvgIpc) is 3.15. The Morgan fingerprint density at radius 2 is 1.73 bits per heavy atom. The number of nitrogens with zero attached hydrogens (tertiary/aromatic N) is 3. The summed E-state index contributed by atoms with van der Waals surface area (Å²) in [6.07, 6.45) is 1.76. The molecule has 3 rings (SSSR count). The Kier molecular flexibility index (Phi) is 6.52. The topological polar surface area (TPSA) is 75.5 Å². The van der Waals surface area contributed by atoms with Crippen LogP contribution in [0.5, 0.6) is 11.5 Å². The third kappa shape index (κ3) is 5.04. The number of methoxy groups -OCH3 is 2. The summed E-state index contributed by atoms with van der Waals surface area (Å²) in [7, 11) is 3.24. The van der Waals surface area contributed by atoms with Crippen LogP contribution >= 0.6 is 0 Å². The fraction of sp³-hybridized carbons (Fsp3) is 0.348. The van der Waals surface area contributed by atoms with Crippen molar-refractivity contribution in [2.45, 2.75) is 39.5 Å². The molecule has 158 valence electrons. The smallest absolute Gasteiger partial charge is 0.161 e. The number of carbonyl (C=O) groups excluding carboxylic acids is 1. The number of Topliss-reactive ketones (excluding diaryl/α,β-unsaturated/α-hetero) is 1. The lowest BCUT2D eigenvalue weighted by molar-refractivity contribution is -0.139. The minimum absolute atomic E-state index is 0.0341. The fourth-order valence-corrected chi connectivity index (χ4v) is 2.85. The zero-order chi connectivity index (χ0) is 21.7. The molecule has 2 heterocycles. The van der Waals surface area contributed by atoms with Gasteiger partial charge in [0, 0.05) is 17.8 Å². The van der Waals surface area contributed by atoms with E-state index in [-0.39, 0.29) is 12.4 Å². The first-order chi connectivity index (χ1) is 14.3. The van der Waals surface area contributed by atoms with Crippen molar-refractivity contribution in [1.29, 1.82) is 0 Å². The Balaban J connectivity index is 1.99. The van der Waals surface area contributed by atoms with E-state index in [1.807, 2.05) is 47.1 Å². The van der Waals surface area contributed by atoms with E-state index in [9.17, 15) is 4.79 Å². The van der Waals surface area contributed by atoms with Crippen molar-refractivity contribution < 1.29 is 19.0 Å². The van der Waals surface area contributed by atoms with Crippen LogP contribution in [0.2, 0.25) is 0 Å². The van der Waals surface area contributed by atoms with Gasteiger partial charge in [0.05, 0.1) is 44.5 Å². The quantitative estimate of drug-likeness (QED) is 0.534. The van der Waals surface area contributed by atoms with Crippen LogP contribution in [0.4, 0.5) is 0 Å². The van der Waals surface area contributed by atoms with Crippen molar-refractivity contribution in [3.8, 4) is 22.8 Å². The predicted octanol–water partition coefficient (Wildman–Crippen LogP) is 3.89. The largest absolute Gasteiger partial charge is 0.497 e. The first-order valence-corrected chi connectivity index (χ1v) is 9.67. The number of carbonyl (C=O) groups is 1. The van der Waals surface area contributed by atoms with Crippen LogP contribution in [-0.2, 0) is 22.7 Å². The summed E-state index contributed by atoms with van der Waals surface area (Å²) in [4.78, 5) is 16.2. The molecule has 0 aliphatic heterocycles. The van der Waals surface area contributed by atoms with Crippen LogP contribution in [0.1, 0.15) is 32.2 Å². The van der Waals surface area contributed by atoms with Crippen molar-refractivity contribution in [2.24, 2.45) is 0 Å². The predicted molar refractivity (Wildman–Crippen MR) is 114 cm³/mol. The van der Waals surface area contributed by atoms with Gasteiger partial charge in [-0.05, 0) is 51.1 Å². The summed E-state index contributed by atoms with van der Waals surface area (Å²) in [6.45, 7) is 5.75. The van der Waals surface area contributed by atoms with Crippen LogP contribution in [0.3, 0.4) is 0 Å². The number of hydrogen-bond donors (Lipinski definition) is 0. The Morgan fingerprint density at radius 3 is 2.30 bits per heavy atom. The van der Waals surface area contributed by atoms with Gasteiger partial charge < -0.3 is 14.2 Å². The number of benzene rings is 1. The highest BCUT2D eigenvalue weighted by Gasteiger charge is 2.25. The Hall–Kier alpha value is -3.19. The molecule has 0 amide bonds. The summed E-state index contributed by atoms with van der Waals surface area (Å²) in [5.74, 6) is 1.34. The Labute approximate surface area is 176 Å². The minimum atomic E-state index is -0.871. The highest BCUT2D eigenvalue weighted by molar-refractivity contribution is 5.83. The molecule has 0 spiro atoms. The third-order valence-corrected chi connectivity index (χ3v) is 4.94. The standard InChI is InChI=1S/C23H27N3O4/c1-16(27)23(2,3)30-15-19-12-22(17-10-20(28-4)13-21(11-17)29-5)26(25-19)14-18-8-6-7-9-24-18/h6-13H,14-15H2,1-5H3. The van der Waals surface area contributed by atoms with E-state index in [1.54, 1.807) is 34.3 Å². The fourth-order valence-electron chi connectivity index (χ4n) is 2.85. The second kappa shape index (κ2) is 9.09. The van der Waals surface area contributed by atoms with E-state index < -0.39 is 5.60 Å². The lowest BCUT2D eigenvalue weighted by atomic mass is 10.1. The summed E-state index contributed by atoms with van der Waals surface area (Å²) in [6, 6.07) is 13.4. The van der Waals surface area contributed by atoms with Gasteiger partial charge in [0.25, 0.3) is 0 Å². The van der Waals surface area contributed by atoms with E-state index in [0.29, 0.717) is 18.0 Å². The highest BCUT2D eigenvalue weighted by atomic mass is 16.5. The van der Waals surface area contributed by atoms with Crippen LogP contribution in [0, 0.1) is 0 Å². The lowest BCUT2D eigenvalue weighted by Gasteiger charge is -2.21. The van der Waals surface area contributed by atoms with Crippen molar-refractivity contribution in [1.82, 2.24) is 14.8 Å². The Morgan fingerprint density at radius 1 is 1.03 bits per heavy atom. The molecule has 0 fully saturated rings. The second-order valence-electron chi connectivity index (χ2n) is 7.46. The minimum Gasteiger partial charge on any atom is -0.497 e. The summed E-state index contributed by atoms with van der Waals surface area (Å²) in [5.41, 5.74) is 2.50. The molecule has 3 aromatic rings. The zero-order valence-corrected chi connectivity index (χ0v) is 18.0. The molecular weight excluding hydrogens is 382 g/mol. The number of ether oxygens (including phenoxy) is 3. The molecule has 0 aliphatic carbocycles. The molecule has 0 aliphatic rings. The molecule has 7 nitrogen and oxygen atoms in total. The lowest BCUT2D eigenvalue weighted by Crippen LogP contribution is -2.32. The zero-order valence-electron chi connectivity index (χ0n) is 18.0. The van der Waals surface area contributed by atoms with Crippen LogP contribution in [0.25, 0.3) is 11.3 Å². The van der Waals surface area contributed by atoms with Gasteiger partial charge in [0.2, 0.25) is 0 Å². The highest BCUT2D eigenvalue weighted by Crippen LogP contribution is 2.31. The summed E-state index contributed by atoms with van der Waals surface area (Å²) >= 11 is 0. The maximum atomic E-state index is 11.8. The maximum Gasteiger partial charge on any atom is 0.161 e. The van der Waals surface area contributed by atoms with Gasteiger partial charge in [-0.25, -0.2) is 0 Å². The van der Waals surface area contributed by atoms with Crippen LogP contribution < -0.4 is 9.47 Å². The van der Waals surface area contributed by atoms with Gasteiger partial charge >= 0.3 is 0 Å². The molecule has 0 unspecified atom stereocenters. The third-order valence-electron chi connectivity index (χ3n) is 4.94. The first-order valence-electron chi connectivity index (χ1n) is 9.67. The van der Waals surface area contributed by atoms with Gasteiger partial charge in [-0.1, -0.05) is 6.07 Å². The van der Waals surface area contributed by atoms with E-state index in [1.165, 1.54) is 6.92 Å². The normalized spacial score (nSPS) is 11.4. The molecule has 30 heavy (non-hydrogen) atoms. The molecule has 0 bridgehead atoms. The molecule has 0 radical (unpaired) electrons. The number of hydrogen-bond acceptors (Lipinski definition) is 6. The second-order valence-corrected chi connectivity index (χ2v) is 7.46. The monoisotopic (exact) mass is 409 g/mol. The number of rotatable bonds is 9. The van der Waals surface area contributed by atoms with Gasteiger partial charge in [-0.3, -0.25) is 14.5 Å². The summed E-state index contributed by atoms with van der Waals surface area (Å²) in [5, 5.41) is 4.71. The van der Waals surface area contributed by atoms with Crippen molar-refractivity contribution >= 4 is 5.78 Å². The molecule has 7 heteroatoms. The molecule has 2 aromatic heterocycles. The van der Waals surface area contributed by atoms with E-state index in [0.717, 1.165) is 22.6 Å². The molecular formula is C23H27N3O4. The number of aromatic nitrogens is 3.